The predicted octanol–water partition coefficient (Wildman–Crippen LogP) is 6.21. The monoisotopic (exact) mass is 591 g/mol. The molecule has 0 saturated heterocycles. The number of hydrogen-bond donors (Lipinski definition) is 3. The van der Waals surface area contributed by atoms with Crippen LogP contribution >= 0.6 is 35.4 Å². The molecule has 0 radical (unpaired) electrons. The van der Waals surface area contributed by atoms with Crippen LogP contribution in [0.25, 0.3) is 11.1 Å². The van der Waals surface area contributed by atoms with Gasteiger partial charge in [0.15, 0.2) is 11.5 Å². The van der Waals surface area contributed by atoms with E-state index in [1.807, 2.05) is 30.3 Å². The van der Waals surface area contributed by atoms with Crippen LogP contribution in [-0.2, 0) is 13.0 Å². The number of nitrogens with one attached hydrogen (secondary N) is 2. The number of aromatic nitrogens is 4. The standard InChI is InChI=1S/C14H15Cl2N3OS.C12H6F2N2O2/c15-11-4-2-1-3-10(11)7-14(20,13(16)5-6-13)8-19-12(21)17-9-18-19;13-12(14)17-10-3-1-2-8(11(10)18-12)9-6-16-5-7(9)4-15/h1-4,9,20H,5-8H2,(H,17,18,21);1-3,5-6,16H. The molecule has 2 aromatic heterocycles. The van der Waals surface area contributed by atoms with E-state index in [1.165, 1.54) is 18.6 Å². The normalized spacial score (nSPS) is 17.4. The summed E-state index contributed by atoms with van der Waals surface area (Å²) >= 11 is 17.9. The molecule has 6 rings (SSSR count). The number of alkyl halides is 3. The first-order chi connectivity index (χ1) is 18.5. The van der Waals surface area contributed by atoms with Crippen LogP contribution in [0.1, 0.15) is 24.0 Å². The second kappa shape index (κ2) is 10.3. The molecule has 1 aliphatic carbocycles. The highest BCUT2D eigenvalue weighted by atomic mass is 35.5. The molecule has 13 heteroatoms. The quantitative estimate of drug-likeness (QED) is 0.181. The summed E-state index contributed by atoms with van der Waals surface area (Å²) in [4.78, 5) is 6.09. The van der Waals surface area contributed by atoms with Crippen molar-refractivity contribution in [1.82, 2.24) is 19.7 Å². The number of halogens is 4. The first-order valence-electron chi connectivity index (χ1n) is 11.8. The Balaban J connectivity index is 0.000000160. The predicted molar refractivity (Wildman–Crippen MR) is 142 cm³/mol. The maximum absolute atomic E-state index is 13.0. The van der Waals surface area contributed by atoms with Crippen molar-refractivity contribution in [1.29, 1.82) is 5.26 Å². The lowest BCUT2D eigenvalue weighted by Crippen LogP contribution is -2.47. The molecule has 4 aromatic rings. The molecule has 1 atom stereocenters. The zero-order valence-corrected chi connectivity index (χ0v) is 22.5. The van der Waals surface area contributed by atoms with E-state index in [2.05, 4.69) is 24.5 Å². The van der Waals surface area contributed by atoms with Crippen LogP contribution < -0.4 is 9.47 Å². The summed E-state index contributed by atoms with van der Waals surface area (Å²) in [5, 5.41) is 23.6. The number of hydrogen-bond acceptors (Lipinski definition) is 6. The maximum Gasteiger partial charge on any atom is 0.586 e. The van der Waals surface area contributed by atoms with Gasteiger partial charge in [0.2, 0.25) is 4.77 Å². The molecule has 39 heavy (non-hydrogen) atoms. The van der Waals surface area contributed by atoms with Crippen molar-refractivity contribution < 1.29 is 23.4 Å². The second-order valence-corrected chi connectivity index (χ2v) is 10.7. The van der Waals surface area contributed by atoms with Gasteiger partial charge in [0.05, 0.1) is 17.0 Å². The van der Waals surface area contributed by atoms with Crippen LogP contribution in [0.2, 0.25) is 5.02 Å². The third kappa shape index (κ3) is 5.51. The number of benzene rings is 2. The van der Waals surface area contributed by atoms with Gasteiger partial charge in [-0.25, -0.2) is 4.98 Å². The molecule has 0 bridgehead atoms. The summed E-state index contributed by atoms with van der Waals surface area (Å²) in [7, 11) is 0. The van der Waals surface area contributed by atoms with E-state index in [-0.39, 0.29) is 18.0 Å². The van der Waals surface area contributed by atoms with Gasteiger partial charge in [-0.2, -0.15) is 5.26 Å². The molecule has 1 unspecified atom stereocenters. The van der Waals surface area contributed by atoms with E-state index >= 15 is 0 Å². The minimum Gasteiger partial charge on any atom is -0.395 e. The molecule has 0 spiro atoms. The Morgan fingerprint density at radius 1 is 1.15 bits per heavy atom. The number of nitrogens with zero attached hydrogens (tertiary/aromatic N) is 3. The highest BCUT2D eigenvalue weighted by molar-refractivity contribution is 7.71. The summed E-state index contributed by atoms with van der Waals surface area (Å²) in [6.07, 6.45) is 2.80. The highest BCUT2D eigenvalue weighted by Gasteiger charge is 2.58. The van der Waals surface area contributed by atoms with E-state index < -0.39 is 16.8 Å². The van der Waals surface area contributed by atoms with Crippen LogP contribution in [0, 0.1) is 16.1 Å². The molecule has 3 heterocycles. The summed E-state index contributed by atoms with van der Waals surface area (Å²) in [5.74, 6) is -0.0961. The number of fused-ring (bicyclic) bond motifs is 1. The lowest BCUT2D eigenvalue weighted by Gasteiger charge is -2.33. The van der Waals surface area contributed by atoms with E-state index in [1.54, 1.807) is 23.0 Å². The lowest BCUT2D eigenvalue weighted by atomic mass is 9.89. The Hall–Kier alpha value is -3.43. The van der Waals surface area contributed by atoms with Crippen LogP contribution in [-0.4, -0.2) is 41.6 Å². The Labute approximate surface area is 236 Å². The van der Waals surface area contributed by atoms with E-state index in [0.29, 0.717) is 32.9 Å². The van der Waals surface area contributed by atoms with Crippen molar-refractivity contribution in [2.45, 2.75) is 42.6 Å². The van der Waals surface area contributed by atoms with Gasteiger partial charge in [-0.15, -0.1) is 20.4 Å². The van der Waals surface area contributed by atoms with Gasteiger partial charge in [-0.1, -0.05) is 41.9 Å². The molecule has 202 valence electrons. The first-order valence-corrected chi connectivity index (χ1v) is 12.9. The number of nitriles is 1. The summed E-state index contributed by atoms with van der Waals surface area (Å²) in [6, 6.07) is 14.0. The van der Waals surface area contributed by atoms with Crippen molar-refractivity contribution in [3.8, 4) is 28.7 Å². The number of rotatable bonds is 6. The molecule has 1 aliphatic heterocycles. The minimum atomic E-state index is -3.67. The van der Waals surface area contributed by atoms with Crippen LogP contribution in [0.15, 0.2) is 61.2 Å². The summed E-state index contributed by atoms with van der Waals surface area (Å²) in [5.41, 5.74) is 0.976. The van der Waals surface area contributed by atoms with Gasteiger partial charge in [0.1, 0.15) is 18.0 Å². The zero-order valence-electron chi connectivity index (χ0n) is 20.1. The van der Waals surface area contributed by atoms with Crippen molar-refractivity contribution >= 4 is 35.4 Å². The first kappa shape index (κ1) is 27.1. The van der Waals surface area contributed by atoms with Crippen molar-refractivity contribution in [2.24, 2.45) is 0 Å². The average molecular weight is 592 g/mol. The van der Waals surface area contributed by atoms with Gasteiger partial charge < -0.3 is 19.6 Å². The SMILES string of the molecule is N#Cc1c[nH]cc1-c1cccc2c1OC(F)(F)O2.OC(Cc1ccccc1Cl)(Cn1[nH]cnc1=S)C1(Cl)CC1. The molecular formula is C26H21Cl2F2N5O3S. The maximum atomic E-state index is 13.0. The molecule has 2 aliphatic rings. The molecular weight excluding hydrogens is 571 g/mol. The van der Waals surface area contributed by atoms with Gasteiger partial charge >= 0.3 is 6.29 Å². The molecule has 2 aromatic carbocycles. The lowest BCUT2D eigenvalue weighted by molar-refractivity contribution is -0.286. The largest absolute Gasteiger partial charge is 0.586 e. The third-order valence-electron chi connectivity index (χ3n) is 6.59. The summed E-state index contributed by atoms with van der Waals surface area (Å²) in [6.45, 7) is 0.264. The van der Waals surface area contributed by atoms with Crippen LogP contribution in [0.5, 0.6) is 11.5 Å². The fourth-order valence-electron chi connectivity index (χ4n) is 4.40. The van der Waals surface area contributed by atoms with Crippen molar-refractivity contribution in [2.75, 3.05) is 0 Å². The highest BCUT2D eigenvalue weighted by Crippen LogP contribution is 2.53. The smallest absolute Gasteiger partial charge is 0.395 e. The number of ether oxygens (including phenoxy) is 2. The van der Waals surface area contributed by atoms with E-state index in [4.69, 9.17) is 40.7 Å². The fourth-order valence-corrected chi connectivity index (χ4v) is 5.00. The molecule has 0 amide bonds. The number of H-pyrrole nitrogens is 2. The number of aromatic amines is 2. The Morgan fingerprint density at radius 3 is 2.59 bits per heavy atom. The zero-order chi connectivity index (χ0) is 27.8. The van der Waals surface area contributed by atoms with Crippen molar-refractivity contribution in [3.63, 3.8) is 0 Å². The molecule has 1 fully saturated rings. The number of para-hydroxylation sites is 1. The van der Waals surface area contributed by atoms with Crippen LogP contribution in [0.3, 0.4) is 0 Å². The van der Waals surface area contributed by atoms with Crippen molar-refractivity contribution in [3.05, 3.63) is 82.1 Å². The van der Waals surface area contributed by atoms with Gasteiger partial charge in [-0.3, -0.25) is 9.78 Å². The Kier molecular flexibility index (Phi) is 7.15. The third-order valence-corrected chi connectivity index (χ3v) is 8.01. The van der Waals surface area contributed by atoms with Gasteiger partial charge in [0, 0.05) is 35.0 Å². The molecule has 1 saturated carbocycles. The Bertz CT molecular complexity index is 1610. The molecule has 8 nitrogen and oxygen atoms in total. The van der Waals surface area contributed by atoms with Gasteiger partial charge in [0.25, 0.3) is 0 Å². The van der Waals surface area contributed by atoms with E-state index in [0.717, 1.165) is 18.4 Å². The average Bonchev–Trinajstić information content (AvgIpc) is 3.20. The minimum absolute atomic E-state index is 0.0393. The fraction of sp³-hybridized carbons (Fsp3) is 0.269. The van der Waals surface area contributed by atoms with Gasteiger partial charge in [-0.05, 0) is 42.8 Å². The Morgan fingerprint density at radius 2 is 1.92 bits per heavy atom. The second-order valence-electron chi connectivity index (χ2n) is 9.22. The topological polar surface area (TPSA) is 112 Å². The van der Waals surface area contributed by atoms with E-state index in [9.17, 15) is 13.9 Å². The van der Waals surface area contributed by atoms with Crippen LogP contribution in [0.4, 0.5) is 8.78 Å². The summed E-state index contributed by atoms with van der Waals surface area (Å²) < 4.78 is 36.9. The molecule has 3 N–H and O–H groups in total. The number of aliphatic hydroxyl groups is 1.